The van der Waals surface area contributed by atoms with Crippen LogP contribution in [0.15, 0.2) is 24.3 Å². The number of hydrogen-bond donors (Lipinski definition) is 0. The van der Waals surface area contributed by atoms with Gasteiger partial charge in [0.15, 0.2) is 0 Å². The third kappa shape index (κ3) is 7.43. The van der Waals surface area contributed by atoms with Crippen LogP contribution in [0.3, 0.4) is 0 Å². The van der Waals surface area contributed by atoms with E-state index in [0.717, 1.165) is 12.2 Å². The topological polar surface area (TPSA) is 54.0 Å². The average molecular weight is 310 g/mol. The minimum absolute atomic E-state index is 0.306. The SMILES string of the molecule is CCCCCCOc1ccc(C(=O)OOC(C)COC)cc1. The number of methoxy groups -OCH3 is 1. The van der Waals surface area contributed by atoms with Gasteiger partial charge in [0, 0.05) is 7.11 Å². The minimum atomic E-state index is -0.530. The third-order valence-corrected chi connectivity index (χ3v) is 3.05. The molecule has 124 valence electrons. The molecular formula is C17H26O5. The summed E-state index contributed by atoms with van der Waals surface area (Å²) in [6, 6.07) is 6.84. The van der Waals surface area contributed by atoms with Crippen molar-refractivity contribution in [3.8, 4) is 5.75 Å². The van der Waals surface area contributed by atoms with Crippen LogP contribution in [0.4, 0.5) is 0 Å². The molecule has 1 atom stereocenters. The molecule has 0 aliphatic rings. The molecule has 22 heavy (non-hydrogen) atoms. The van der Waals surface area contributed by atoms with Crippen LogP contribution in [0.5, 0.6) is 5.75 Å². The second-order valence-corrected chi connectivity index (χ2v) is 5.17. The Morgan fingerprint density at radius 3 is 2.50 bits per heavy atom. The Balaban J connectivity index is 2.32. The van der Waals surface area contributed by atoms with Gasteiger partial charge in [0.05, 0.1) is 18.8 Å². The minimum Gasteiger partial charge on any atom is -0.494 e. The molecule has 0 amide bonds. The number of carbonyl (C=O) groups is 1. The Morgan fingerprint density at radius 2 is 1.86 bits per heavy atom. The first-order valence-electron chi connectivity index (χ1n) is 7.76. The molecule has 1 rings (SSSR count). The number of hydrogen-bond acceptors (Lipinski definition) is 5. The maximum atomic E-state index is 11.8. The van der Waals surface area contributed by atoms with Crippen LogP contribution < -0.4 is 4.74 Å². The average Bonchev–Trinajstić information content (AvgIpc) is 2.53. The van der Waals surface area contributed by atoms with E-state index < -0.39 is 5.97 Å². The lowest BCUT2D eigenvalue weighted by molar-refractivity contribution is -0.276. The van der Waals surface area contributed by atoms with E-state index in [1.54, 1.807) is 38.3 Å². The lowest BCUT2D eigenvalue weighted by Gasteiger charge is -2.10. The summed E-state index contributed by atoms with van der Waals surface area (Å²) in [7, 11) is 1.56. The zero-order valence-corrected chi connectivity index (χ0v) is 13.7. The molecule has 0 aliphatic carbocycles. The lowest BCUT2D eigenvalue weighted by Crippen LogP contribution is -2.18. The molecular weight excluding hydrogens is 284 g/mol. The monoisotopic (exact) mass is 310 g/mol. The summed E-state index contributed by atoms with van der Waals surface area (Å²) in [5, 5.41) is 0. The van der Waals surface area contributed by atoms with Gasteiger partial charge in [-0.3, -0.25) is 4.89 Å². The molecule has 1 aromatic rings. The van der Waals surface area contributed by atoms with Crippen LogP contribution >= 0.6 is 0 Å². The van der Waals surface area contributed by atoms with Gasteiger partial charge < -0.3 is 9.47 Å². The Labute approximate surface area is 132 Å². The lowest BCUT2D eigenvalue weighted by atomic mass is 10.2. The molecule has 0 heterocycles. The van der Waals surface area contributed by atoms with Crippen molar-refractivity contribution in [2.45, 2.75) is 45.6 Å². The van der Waals surface area contributed by atoms with Crippen LogP contribution in [-0.2, 0) is 14.5 Å². The first-order valence-corrected chi connectivity index (χ1v) is 7.76. The Morgan fingerprint density at radius 1 is 1.14 bits per heavy atom. The van der Waals surface area contributed by atoms with E-state index in [-0.39, 0.29) is 6.10 Å². The fraction of sp³-hybridized carbons (Fsp3) is 0.588. The van der Waals surface area contributed by atoms with Crippen molar-refractivity contribution < 1.29 is 24.0 Å². The summed E-state index contributed by atoms with van der Waals surface area (Å²) >= 11 is 0. The number of unbranched alkanes of at least 4 members (excludes halogenated alkanes) is 3. The summed E-state index contributed by atoms with van der Waals surface area (Å²) in [6.45, 7) is 4.99. The summed E-state index contributed by atoms with van der Waals surface area (Å²) in [6.07, 6.45) is 4.36. The third-order valence-electron chi connectivity index (χ3n) is 3.05. The smallest absolute Gasteiger partial charge is 0.373 e. The molecule has 0 spiro atoms. The van der Waals surface area contributed by atoms with E-state index >= 15 is 0 Å². The second-order valence-electron chi connectivity index (χ2n) is 5.17. The van der Waals surface area contributed by atoms with Gasteiger partial charge in [0.1, 0.15) is 11.9 Å². The van der Waals surface area contributed by atoms with E-state index in [9.17, 15) is 4.79 Å². The molecule has 1 aromatic carbocycles. The van der Waals surface area contributed by atoms with Crippen molar-refractivity contribution in [2.75, 3.05) is 20.3 Å². The van der Waals surface area contributed by atoms with Gasteiger partial charge in [-0.15, -0.1) is 0 Å². The second kappa shape index (κ2) is 11.0. The number of ether oxygens (including phenoxy) is 2. The standard InChI is InChI=1S/C17H26O5/c1-4-5-6-7-12-20-16-10-8-15(9-11-16)17(18)22-21-14(2)13-19-3/h8-11,14H,4-7,12-13H2,1-3H3. The molecule has 1 unspecified atom stereocenters. The van der Waals surface area contributed by atoms with Gasteiger partial charge in [-0.25, -0.2) is 4.79 Å². The summed E-state index contributed by atoms with van der Waals surface area (Å²) in [5.41, 5.74) is 0.419. The van der Waals surface area contributed by atoms with Gasteiger partial charge in [-0.2, -0.15) is 4.89 Å². The normalized spacial score (nSPS) is 12.0. The van der Waals surface area contributed by atoms with E-state index in [1.165, 1.54) is 19.3 Å². The highest BCUT2D eigenvalue weighted by molar-refractivity contribution is 5.89. The van der Waals surface area contributed by atoms with Crippen molar-refractivity contribution in [3.63, 3.8) is 0 Å². The molecule has 0 bridgehead atoms. The Kier molecular flexibility index (Phi) is 9.26. The predicted octanol–water partition coefficient (Wildman–Crippen LogP) is 3.77. The van der Waals surface area contributed by atoms with E-state index in [0.29, 0.717) is 18.8 Å². The maximum Gasteiger partial charge on any atom is 0.373 e. The van der Waals surface area contributed by atoms with Crippen molar-refractivity contribution in [1.82, 2.24) is 0 Å². The first-order chi connectivity index (χ1) is 10.7. The van der Waals surface area contributed by atoms with Crippen LogP contribution in [-0.4, -0.2) is 32.4 Å². The molecule has 0 saturated heterocycles. The van der Waals surface area contributed by atoms with Gasteiger partial charge in [0.25, 0.3) is 0 Å². The van der Waals surface area contributed by atoms with Crippen molar-refractivity contribution in [1.29, 1.82) is 0 Å². The predicted molar refractivity (Wildman–Crippen MR) is 83.9 cm³/mol. The van der Waals surface area contributed by atoms with Gasteiger partial charge in [-0.1, -0.05) is 26.2 Å². The zero-order chi connectivity index (χ0) is 16.2. The molecule has 0 aromatic heterocycles. The van der Waals surface area contributed by atoms with Gasteiger partial charge >= 0.3 is 5.97 Å². The molecule has 0 fully saturated rings. The van der Waals surface area contributed by atoms with Crippen LogP contribution in [0.1, 0.15) is 49.9 Å². The number of benzene rings is 1. The molecule has 5 nitrogen and oxygen atoms in total. The highest BCUT2D eigenvalue weighted by Gasteiger charge is 2.11. The fourth-order valence-corrected chi connectivity index (χ4v) is 1.84. The van der Waals surface area contributed by atoms with Crippen LogP contribution in [0.2, 0.25) is 0 Å². The van der Waals surface area contributed by atoms with Crippen molar-refractivity contribution in [3.05, 3.63) is 29.8 Å². The first kappa shape index (κ1) is 18.5. The quantitative estimate of drug-likeness (QED) is 0.354. The largest absolute Gasteiger partial charge is 0.494 e. The van der Waals surface area contributed by atoms with Crippen LogP contribution in [0.25, 0.3) is 0 Å². The zero-order valence-electron chi connectivity index (χ0n) is 13.7. The van der Waals surface area contributed by atoms with E-state index in [2.05, 4.69) is 6.92 Å². The molecule has 0 aliphatic heterocycles. The van der Waals surface area contributed by atoms with Gasteiger partial charge in [0.2, 0.25) is 0 Å². The van der Waals surface area contributed by atoms with Crippen molar-refractivity contribution >= 4 is 5.97 Å². The highest BCUT2D eigenvalue weighted by atomic mass is 17.2. The molecule has 5 heteroatoms. The number of carbonyl (C=O) groups excluding carboxylic acids is 1. The summed E-state index contributed by atoms with van der Waals surface area (Å²) < 4.78 is 10.5. The fourth-order valence-electron chi connectivity index (χ4n) is 1.84. The Hall–Kier alpha value is -1.59. The van der Waals surface area contributed by atoms with E-state index in [4.69, 9.17) is 19.2 Å². The highest BCUT2D eigenvalue weighted by Crippen LogP contribution is 2.14. The molecule has 0 saturated carbocycles. The van der Waals surface area contributed by atoms with Crippen molar-refractivity contribution in [2.24, 2.45) is 0 Å². The van der Waals surface area contributed by atoms with Gasteiger partial charge in [-0.05, 0) is 37.6 Å². The van der Waals surface area contributed by atoms with Crippen LogP contribution in [0, 0.1) is 0 Å². The Bertz CT molecular complexity index is 416. The molecule has 0 radical (unpaired) electrons. The maximum absolute atomic E-state index is 11.8. The van der Waals surface area contributed by atoms with E-state index in [1.807, 2.05) is 0 Å². The molecule has 0 N–H and O–H groups in total. The summed E-state index contributed by atoms with van der Waals surface area (Å²) in [5.74, 6) is 0.221. The number of rotatable bonds is 11. The summed E-state index contributed by atoms with van der Waals surface area (Å²) in [4.78, 5) is 21.4.